The fourth-order valence-electron chi connectivity index (χ4n) is 2.35. The van der Waals surface area contributed by atoms with Gasteiger partial charge in [0.2, 0.25) is 0 Å². The number of hydrazine groups is 1. The van der Waals surface area contributed by atoms with E-state index in [9.17, 15) is 4.79 Å². The Kier molecular flexibility index (Phi) is 23.8. The lowest BCUT2D eigenvalue weighted by Gasteiger charge is -1.99. The van der Waals surface area contributed by atoms with E-state index in [-0.39, 0.29) is 0 Å². The molecule has 5 N–H and O–H groups in total. The first-order valence-electron chi connectivity index (χ1n) is 8.97. The van der Waals surface area contributed by atoms with E-state index in [1.807, 2.05) is 0 Å². The third-order valence-corrected chi connectivity index (χ3v) is 3.65. The van der Waals surface area contributed by atoms with Crippen LogP contribution >= 0.6 is 0 Å². The van der Waals surface area contributed by atoms with Crippen LogP contribution in [-0.4, -0.2) is 11.1 Å². The quantitative estimate of drug-likeness (QED) is 0.173. The van der Waals surface area contributed by atoms with Gasteiger partial charge in [0.15, 0.2) is 0 Å². The molecule has 0 bridgehead atoms. The number of hydrogen-bond donors (Lipinski definition) is 3. The second-order valence-corrected chi connectivity index (χ2v) is 5.73. The summed E-state index contributed by atoms with van der Waals surface area (Å²) in [6.07, 6.45) is 21.2. The molecule has 132 valence electrons. The van der Waals surface area contributed by atoms with Crippen LogP contribution < -0.4 is 11.7 Å². The van der Waals surface area contributed by atoms with Gasteiger partial charge in [-0.15, -0.1) is 0 Å². The molecule has 0 aromatic heterocycles. The lowest BCUT2D eigenvalue weighted by Crippen LogP contribution is -2.02. The SMILES string of the molecule is CCCCCCCC/C=C\CCCCCCCC(=O)O.NN. The van der Waals surface area contributed by atoms with Crippen LogP contribution in [0, 0.1) is 0 Å². The first-order valence-corrected chi connectivity index (χ1v) is 8.97. The molecule has 0 fully saturated rings. The summed E-state index contributed by atoms with van der Waals surface area (Å²) < 4.78 is 0. The lowest BCUT2D eigenvalue weighted by molar-refractivity contribution is -0.137. The molecule has 0 aliphatic carbocycles. The third kappa shape index (κ3) is 24.2. The third-order valence-electron chi connectivity index (χ3n) is 3.65. The number of unbranched alkanes of at least 4 members (excludes halogenated alkanes) is 11. The molecule has 22 heavy (non-hydrogen) atoms. The summed E-state index contributed by atoms with van der Waals surface area (Å²) >= 11 is 0. The van der Waals surface area contributed by atoms with Gasteiger partial charge in [0.1, 0.15) is 0 Å². The molecule has 4 heteroatoms. The zero-order valence-corrected chi connectivity index (χ0v) is 14.6. The number of rotatable bonds is 15. The fourth-order valence-corrected chi connectivity index (χ4v) is 2.35. The van der Waals surface area contributed by atoms with E-state index >= 15 is 0 Å². The first-order chi connectivity index (χ1) is 10.8. The van der Waals surface area contributed by atoms with Gasteiger partial charge in [-0.2, -0.15) is 0 Å². The van der Waals surface area contributed by atoms with Crippen LogP contribution in [0.3, 0.4) is 0 Å². The molecule has 0 spiro atoms. The van der Waals surface area contributed by atoms with E-state index in [1.54, 1.807) is 0 Å². The molecule has 0 saturated carbocycles. The molecule has 0 unspecified atom stereocenters. The van der Waals surface area contributed by atoms with Crippen molar-refractivity contribution < 1.29 is 9.90 Å². The zero-order chi connectivity index (χ0) is 16.9. The fraction of sp³-hybridized carbons (Fsp3) is 0.833. The van der Waals surface area contributed by atoms with E-state index in [0.717, 1.165) is 12.8 Å². The number of carboxylic acids is 1. The Bertz CT molecular complexity index is 243. The summed E-state index contributed by atoms with van der Waals surface area (Å²) in [4.78, 5) is 10.3. The van der Waals surface area contributed by atoms with Crippen LogP contribution in [0.4, 0.5) is 0 Å². The van der Waals surface area contributed by atoms with Gasteiger partial charge < -0.3 is 5.11 Å². The minimum absolute atomic E-state index is 0.332. The molecule has 0 aliphatic heterocycles. The van der Waals surface area contributed by atoms with Gasteiger partial charge in [0.05, 0.1) is 0 Å². The van der Waals surface area contributed by atoms with E-state index in [4.69, 9.17) is 5.11 Å². The Balaban J connectivity index is 0. The molecule has 0 aromatic carbocycles. The van der Waals surface area contributed by atoms with Gasteiger partial charge >= 0.3 is 5.97 Å². The Hall–Kier alpha value is -0.870. The van der Waals surface area contributed by atoms with E-state index in [0.29, 0.717) is 6.42 Å². The van der Waals surface area contributed by atoms with Crippen molar-refractivity contribution in [1.82, 2.24) is 0 Å². The highest BCUT2D eigenvalue weighted by molar-refractivity contribution is 5.66. The molecule has 0 rings (SSSR count). The van der Waals surface area contributed by atoms with Crippen LogP contribution in [0.5, 0.6) is 0 Å². The average molecular weight is 315 g/mol. The van der Waals surface area contributed by atoms with Gasteiger partial charge in [0.25, 0.3) is 0 Å². The molecule has 0 atom stereocenters. The molecule has 0 aromatic rings. The Labute approximate surface area is 137 Å². The van der Waals surface area contributed by atoms with Gasteiger partial charge in [0, 0.05) is 6.42 Å². The van der Waals surface area contributed by atoms with Gasteiger partial charge in [-0.1, -0.05) is 70.4 Å². The van der Waals surface area contributed by atoms with Crippen molar-refractivity contribution in [2.24, 2.45) is 11.7 Å². The van der Waals surface area contributed by atoms with Gasteiger partial charge in [-0.3, -0.25) is 16.5 Å². The molecule has 4 nitrogen and oxygen atoms in total. The monoisotopic (exact) mass is 314 g/mol. The van der Waals surface area contributed by atoms with E-state index in [2.05, 4.69) is 30.8 Å². The van der Waals surface area contributed by atoms with Crippen LogP contribution in [-0.2, 0) is 4.79 Å². The smallest absolute Gasteiger partial charge is 0.303 e. The number of nitrogens with two attached hydrogens (primary N) is 2. The van der Waals surface area contributed by atoms with E-state index < -0.39 is 5.97 Å². The maximum Gasteiger partial charge on any atom is 0.303 e. The van der Waals surface area contributed by atoms with Crippen LogP contribution in [0.1, 0.15) is 96.8 Å². The molecule has 0 saturated heterocycles. The van der Waals surface area contributed by atoms with Crippen molar-refractivity contribution >= 4 is 5.97 Å². The Morgan fingerprint density at radius 1 is 0.773 bits per heavy atom. The van der Waals surface area contributed by atoms with Gasteiger partial charge in [-0.05, 0) is 32.1 Å². The van der Waals surface area contributed by atoms with Crippen molar-refractivity contribution in [3.63, 3.8) is 0 Å². The standard InChI is InChI=1S/C18H34O2.H4N2/c1-2-3-4-5-6-7-8-9-10-11-12-13-14-15-16-17-18(19)20;1-2/h9-10H,2-8,11-17H2,1H3,(H,19,20);1-2H2/b10-9-;. The number of carboxylic acid groups (broad SMARTS) is 1. The van der Waals surface area contributed by atoms with Crippen molar-refractivity contribution in [3.8, 4) is 0 Å². The topological polar surface area (TPSA) is 89.3 Å². The Morgan fingerprint density at radius 3 is 1.64 bits per heavy atom. The second-order valence-electron chi connectivity index (χ2n) is 5.73. The number of allylic oxidation sites excluding steroid dienone is 2. The minimum Gasteiger partial charge on any atom is -0.481 e. The van der Waals surface area contributed by atoms with Crippen molar-refractivity contribution in [1.29, 1.82) is 0 Å². The van der Waals surface area contributed by atoms with Crippen LogP contribution in [0.15, 0.2) is 12.2 Å². The van der Waals surface area contributed by atoms with Gasteiger partial charge in [-0.25, -0.2) is 0 Å². The highest BCUT2D eigenvalue weighted by Crippen LogP contribution is 2.09. The molecule has 0 heterocycles. The summed E-state index contributed by atoms with van der Waals surface area (Å²) in [5.41, 5.74) is 0. The molecule has 0 radical (unpaired) electrons. The molecular formula is C18H38N2O2. The maximum atomic E-state index is 10.3. The lowest BCUT2D eigenvalue weighted by atomic mass is 10.1. The summed E-state index contributed by atoms with van der Waals surface area (Å²) in [6.45, 7) is 2.26. The predicted molar refractivity (Wildman–Crippen MR) is 95.5 cm³/mol. The summed E-state index contributed by atoms with van der Waals surface area (Å²) in [6, 6.07) is 0. The van der Waals surface area contributed by atoms with Crippen molar-refractivity contribution in [2.75, 3.05) is 0 Å². The highest BCUT2D eigenvalue weighted by Gasteiger charge is 1.95. The number of aliphatic carboxylic acids is 1. The molecule has 0 aliphatic rings. The zero-order valence-electron chi connectivity index (χ0n) is 14.6. The average Bonchev–Trinajstić information content (AvgIpc) is 2.53. The Morgan fingerprint density at radius 2 is 1.18 bits per heavy atom. The summed E-state index contributed by atoms with van der Waals surface area (Å²) in [7, 11) is 0. The van der Waals surface area contributed by atoms with Crippen molar-refractivity contribution in [2.45, 2.75) is 96.8 Å². The first kappa shape index (κ1) is 23.4. The minimum atomic E-state index is -0.664. The van der Waals surface area contributed by atoms with E-state index in [1.165, 1.54) is 70.6 Å². The maximum absolute atomic E-state index is 10.3. The summed E-state index contributed by atoms with van der Waals surface area (Å²) in [5, 5.41) is 8.51. The molecular weight excluding hydrogens is 276 g/mol. The normalized spacial score (nSPS) is 10.5. The largest absolute Gasteiger partial charge is 0.481 e. The summed E-state index contributed by atoms with van der Waals surface area (Å²) in [5.74, 6) is 7.34. The number of carbonyl (C=O) groups is 1. The van der Waals surface area contributed by atoms with Crippen LogP contribution in [0.25, 0.3) is 0 Å². The second kappa shape index (κ2) is 22.4. The van der Waals surface area contributed by atoms with Crippen LogP contribution in [0.2, 0.25) is 0 Å². The molecule has 0 amide bonds. The number of hydrogen-bond acceptors (Lipinski definition) is 3. The highest BCUT2D eigenvalue weighted by atomic mass is 16.4. The predicted octanol–water partition coefficient (Wildman–Crippen LogP) is 4.93. The van der Waals surface area contributed by atoms with Crippen molar-refractivity contribution in [3.05, 3.63) is 12.2 Å².